The van der Waals surface area contributed by atoms with Gasteiger partial charge in [-0.1, -0.05) is 18.2 Å². The molecule has 6 heteroatoms. The molecule has 31 heavy (non-hydrogen) atoms. The van der Waals surface area contributed by atoms with Crippen LogP contribution in [0.4, 0.5) is 14.9 Å². The fourth-order valence-electron chi connectivity index (χ4n) is 5.88. The number of aliphatic hydroxyl groups is 1. The van der Waals surface area contributed by atoms with Crippen molar-refractivity contribution in [3.05, 3.63) is 65.0 Å². The van der Waals surface area contributed by atoms with Crippen LogP contribution >= 0.6 is 0 Å². The number of carbonyl (C=O) groups excluding carboxylic acids is 1. The molecule has 3 fully saturated rings. The monoisotopic (exact) mass is 424 g/mol. The van der Waals surface area contributed by atoms with Crippen LogP contribution < -0.4 is 5.32 Å². The summed E-state index contributed by atoms with van der Waals surface area (Å²) in [4.78, 5) is 14.4. The first kappa shape index (κ1) is 20.5. The minimum atomic E-state index is -0.670. The molecule has 1 aliphatic heterocycles. The third kappa shape index (κ3) is 3.52. The number of halogens is 1. The molecule has 164 valence electrons. The Morgan fingerprint density at radius 3 is 2.32 bits per heavy atom. The van der Waals surface area contributed by atoms with E-state index in [-0.39, 0.29) is 22.7 Å². The van der Waals surface area contributed by atoms with Gasteiger partial charge in [-0.25, -0.2) is 9.18 Å². The maximum atomic E-state index is 13.4. The van der Waals surface area contributed by atoms with E-state index in [1.54, 1.807) is 18.1 Å². The quantitative estimate of drug-likeness (QED) is 0.684. The summed E-state index contributed by atoms with van der Waals surface area (Å²) < 4.78 is 18.7. The second kappa shape index (κ2) is 7.61. The van der Waals surface area contributed by atoms with Gasteiger partial charge in [-0.15, -0.1) is 0 Å². The molecule has 0 aromatic heterocycles. The Bertz CT molecular complexity index is 966. The topological polar surface area (TPSA) is 61.8 Å². The number of hydrogen-bond acceptors (Lipinski definition) is 3. The number of fused-ring (bicyclic) bond motifs is 4. The summed E-state index contributed by atoms with van der Waals surface area (Å²) in [6.07, 6.45) is 5.45. The summed E-state index contributed by atoms with van der Waals surface area (Å²) in [7, 11) is 1.59. The standard InChI is InChI=1S/C25H29FN2O3/c1-31-22(29)25-11-8-24(9-12-25,10-13-25)19-3-6-21(7-4-19)27-23(30)28-15-17-2-5-20(26)14-18(17)16-28/h2-7,14,22,29H,8-13,15-16H2,1H3,(H,27,30). The molecular weight excluding hydrogens is 395 g/mol. The minimum absolute atomic E-state index is 0.0827. The number of carbonyl (C=O) groups is 1. The highest BCUT2D eigenvalue weighted by Crippen LogP contribution is 2.59. The summed E-state index contributed by atoms with van der Waals surface area (Å²) in [6.45, 7) is 0.924. The van der Waals surface area contributed by atoms with Gasteiger partial charge in [0.05, 0.1) is 0 Å². The Labute approximate surface area is 182 Å². The van der Waals surface area contributed by atoms with Gasteiger partial charge in [0.2, 0.25) is 0 Å². The highest BCUT2D eigenvalue weighted by atomic mass is 19.1. The molecule has 2 amide bonds. The Hall–Kier alpha value is -2.44. The lowest BCUT2D eigenvalue weighted by molar-refractivity contribution is -0.192. The molecule has 3 saturated carbocycles. The summed E-state index contributed by atoms with van der Waals surface area (Å²) >= 11 is 0. The highest BCUT2D eigenvalue weighted by molar-refractivity contribution is 5.89. The average Bonchev–Trinajstić information content (AvgIpc) is 3.23. The molecule has 6 rings (SSSR count). The van der Waals surface area contributed by atoms with Crippen molar-refractivity contribution in [2.75, 3.05) is 12.4 Å². The lowest BCUT2D eigenvalue weighted by Crippen LogP contribution is -2.50. The number of aliphatic hydroxyl groups excluding tert-OH is 1. The second-order valence-electron chi connectivity index (χ2n) is 9.51. The SMILES string of the molecule is COC(O)C12CCC(c3ccc(NC(=O)N4Cc5ccc(F)cc5C4)cc3)(CC1)CC2. The van der Waals surface area contributed by atoms with E-state index in [1.807, 2.05) is 12.1 Å². The van der Waals surface area contributed by atoms with Gasteiger partial charge in [-0.3, -0.25) is 0 Å². The van der Waals surface area contributed by atoms with Crippen molar-refractivity contribution in [1.29, 1.82) is 0 Å². The van der Waals surface area contributed by atoms with E-state index < -0.39 is 6.29 Å². The Balaban J connectivity index is 1.23. The largest absolute Gasteiger partial charge is 0.367 e. The van der Waals surface area contributed by atoms with Gasteiger partial charge in [0.15, 0.2) is 6.29 Å². The molecule has 1 atom stereocenters. The van der Waals surface area contributed by atoms with Crippen LogP contribution in [0.15, 0.2) is 42.5 Å². The lowest BCUT2D eigenvalue weighted by Gasteiger charge is -2.55. The molecule has 3 aliphatic carbocycles. The first-order valence-corrected chi connectivity index (χ1v) is 11.1. The zero-order chi connectivity index (χ0) is 21.6. The van der Waals surface area contributed by atoms with Crippen LogP contribution in [0.3, 0.4) is 0 Å². The third-order valence-corrected chi connectivity index (χ3v) is 7.98. The molecule has 2 aromatic carbocycles. The van der Waals surface area contributed by atoms with Crippen molar-refractivity contribution in [2.45, 2.75) is 63.3 Å². The van der Waals surface area contributed by atoms with Crippen LogP contribution in [-0.2, 0) is 23.2 Å². The van der Waals surface area contributed by atoms with E-state index in [9.17, 15) is 14.3 Å². The van der Waals surface area contributed by atoms with Gasteiger partial charge >= 0.3 is 6.03 Å². The van der Waals surface area contributed by atoms with Crippen molar-refractivity contribution in [3.8, 4) is 0 Å². The van der Waals surface area contributed by atoms with E-state index in [4.69, 9.17) is 4.74 Å². The number of ether oxygens (including phenoxy) is 1. The van der Waals surface area contributed by atoms with Gasteiger partial charge in [0.25, 0.3) is 0 Å². The zero-order valence-electron chi connectivity index (χ0n) is 17.9. The van der Waals surface area contributed by atoms with Crippen LogP contribution in [0.2, 0.25) is 0 Å². The van der Waals surface area contributed by atoms with Gasteiger partial charge in [0.1, 0.15) is 5.82 Å². The number of methoxy groups -OCH3 is 1. The normalized spacial score (nSPS) is 27.8. The summed E-state index contributed by atoms with van der Waals surface area (Å²) in [5.74, 6) is -0.268. The number of urea groups is 1. The highest BCUT2D eigenvalue weighted by Gasteiger charge is 2.52. The minimum Gasteiger partial charge on any atom is -0.367 e. The molecular formula is C25H29FN2O3. The van der Waals surface area contributed by atoms with E-state index in [0.717, 1.165) is 55.3 Å². The van der Waals surface area contributed by atoms with Crippen molar-refractivity contribution in [3.63, 3.8) is 0 Å². The summed E-state index contributed by atoms with van der Waals surface area (Å²) in [5.41, 5.74) is 4.03. The van der Waals surface area contributed by atoms with Crippen molar-refractivity contribution >= 4 is 11.7 Å². The fourth-order valence-corrected chi connectivity index (χ4v) is 5.88. The molecule has 1 heterocycles. The number of hydrogen-bond donors (Lipinski definition) is 2. The van der Waals surface area contributed by atoms with Crippen molar-refractivity contribution < 1.29 is 19.0 Å². The third-order valence-electron chi connectivity index (χ3n) is 7.98. The first-order chi connectivity index (χ1) is 14.9. The first-order valence-electron chi connectivity index (χ1n) is 11.1. The van der Waals surface area contributed by atoms with E-state index in [2.05, 4.69) is 17.4 Å². The van der Waals surface area contributed by atoms with Gasteiger partial charge in [-0.2, -0.15) is 0 Å². The number of benzene rings is 2. The number of nitrogens with one attached hydrogen (secondary N) is 1. The molecule has 2 N–H and O–H groups in total. The summed E-state index contributed by atoms with van der Waals surface area (Å²) in [6, 6.07) is 12.7. The molecule has 0 saturated heterocycles. The van der Waals surface area contributed by atoms with E-state index in [0.29, 0.717) is 13.1 Å². The molecule has 2 bridgehead atoms. The Morgan fingerprint density at radius 2 is 1.68 bits per heavy atom. The van der Waals surface area contributed by atoms with Crippen LogP contribution in [0.25, 0.3) is 0 Å². The molecule has 2 aromatic rings. The predicted molar refractivity (Wildman–Crippen MR) is 116 cm³/mol. The van der Waals surface area contributed by atoms with Crippen molar-refractivity contribution in [2.24, 2.45) is 5.41 Å². The van der Waals surface area contributed by atoms with E-state index >= 15 is 0 Å². The maximum Gasteiger partial charge on any atom is 0.322 e. The second-order valence-corrected chi connectivity index (χ2v) is 9.51. The van der Waals surface area contributed by atoms with Crippen LogP contribution in [0, 0.1) is 11.2 Å². The van der Waals surface area contributed by atoms with Crippen LogP contribution in [-0.4, -0.2) is 29.4 Å². The number of anilines is 1. The maximum absolute atomic E-state index is 13.4. The molecule has 4 aliphatic rings. The number of rotatable bonds is 4. The van der Waals surface area contributed by atoms with Gasteiger partial charge in [0, 0.05) is 31.3 Å². The summed E-state index contributed by atoms with van der Waals surface area (Å²) in [5, 5.41) is 13.3. The van der Waals surface area contributed by atoms with Crippen LogP contribution in [0.1, 0.15) is 55.2 Å². The average molecular weight is 425 g/mol. The molecule has 1 unspecified atom stereocenters. The predicted octanol–water partition coefficient (Wildman–Crippen LogP) is 4.93. The van der Waals surface area contributed by atoms with Gasteiger partial charge in [-0.05, 0) is 84.9 Å². The Morgan fingerprint density at radius 1 is 1.03 bits per heavy atom. The van der Waals surface area contributed by atoms with Crippen molar-refractivity contribution in [1.82, 2.24) is 4.90 Å². The number of nitrogens with zero attached hydrogens (tertiary/aromatic N) is 1. The Kier molecular flexibility index (Phi) is 5.02. The van der Waals surface area contributed by atoms with Crippen LogP contribution in [0.5, 0.6) is 0 Å². The lowest BCUT2D eigenvalue weighted by atomic mass is 9.51. The molecule has 0 spiro atoms. The van der Waals surface area contributed by atoms with E-state index in [1.165, 1.54) is 17.7 Å². The fraction of sp³-hybridized carbons (Fsp3) is 0.480. The molecule has 0 radical (unpaired) electrons. The smallest absolute Gasteiger partial charge is 0.322 e. The zero-order valence-corrected chi connectivity index (χ0v) is 17.9. The molecule has 5 nitrogen and oxygen atoms in total. The van der Waals surface area contributed by atoms with Gasteiger partial charge < -0.3 is 20.1 Å². The number of amides is 2.